The molecule has 2 atom stereocenters. The Bertz CT molecular complexity index is 302. The van der Waals surface area contributed by atoms with Gasteiger partial charge in [-0.1, -0.05) is 12.1 Å². The first-order valence-corrected chi connectivity index (χ1v) is 3.91. The van der Waals surface area contributed by atoms with Crippen LogP contribution >= 0.6 is 0 Å². The van der Waals surface area contributed by atoms with Crippen molar-refractivity contribution in [1.82, 2.24) is 0 Å². The van der Waals surface area contributed by atoms with Gasteiger partial charge in [0, 0.05) is 11.6 Å². The molecule has 0 heterocycles. The third-order valence-electron chi connectivity index (χ3n) is 1.80. The predicted octanol–water partition coefficient (Wildman–Crippen LogP) is 1.35. The minimum absolute atomic E-state index is 0.102. The number of hydrogen-bond donors (Lipinski definition) is 2. The summed E-state index contributed by atoms with van der Waals surface area (Å²) in [5, 5.41) is 9.37. The van der Waals surface area contributed by atoms with Gasteiger partial charge < -0.3 is 10.8 Å². The van der Waals surface area contributed by atoms with E-state index < -0.39 is 23.8 Å². The van der Waals surface area contributed by atoms with Crippen molar-refractivity contribution in [3.8, 4) is 0 Å². The minimum atomic E-state index is -1.17. The van der Waals surface area contributed by atoms with Gasteiger partial charge in [0.15, 0.2) is 11.6 Å². The lowest BCUT2D eigenvalue weighted by molar-refractivity contribution is 0.148. The topological polar surface area (TPSA) is 46.2 Å². The van der Waals surface area contributed by atoms with Crippen molar-refractivity contribution in [2.24, 2.45) is 5.73 Å². The van der Waals surface area contributed by atoms with Gasteiger partial charge in [0.05, 0.1) is 6.10 Å². The van der Waals surface area contributed by atoms with E-state index in [1.807, 2.05) is 0 Å². The molecule has 13 heavy (non-hydrogen) atoms. The first kappa shape index (κ1) is 10.1. The maximum absolute atomic E-state index is 13.0. The Morgan fingerprint density at radius 2 is 2.00 bits per heavy atom. The summed E-state index contributed by atoms with van der Waals surface area (Å²) in [5.74, 6) is -2.01. The van der Waals surface area contributed by atoms with Gasteiger partial charge in [0.1, 0.15) is 0 Å². The molecular weight excluding hydrogens is 176 g/mol. The van der Waals surface area contributed by atoms with Crippen LogP contribution in [0.25, 0.3) is 0 Å². The van der Waals surface area contributed by atoms with Crippen molar-refractivity contribution < 1.29 is 13.9 Å². The predicted molar refractivity (Wildman–Crippen MR) is 45.0 cm³/mol. The Morgan fingerprint density at radius 1 is 1.38 bits per heavy atom. The second kappa shape index (κ2) is 3.81. The van der Waals surface area contributed by atoms with Crippen LogP contribution in [0.1, 0.15) is 18.6 Å². The smallest absolute Gasteiger partial charge is 0.164 e. The molecule has 72 valence electrons. The van der Waals surface area contributed by atoms with E-state index >= 15 is 0 Å². The zero-order valence-electron chi connectivity index (χ0n) is 7.17. The van der Waals surface area contributed by atoms with Gasteiger partial charge in [-0.15, -0.1) is 0 Å². The second-order valence-corrected chi connectivity index (χ2v) is 2.95. The lowest BCUT2D eigenvalue weighted by Gasteiger charge is -2.15. The highest BCUT2D eigenvalue weighted by atomic mass is 19.2. The Kier molecular flexibility index (Phi) is 2.95. The summed E-state index contributed by atoms with van der Waals surface area (Å²) in [7, 11) is 0. The number of nitrogens with two attached hydrogens (primary N) is 1. The molecule has 0 saturated heterocycles. The van der Waals surface area contributed by atoms with Gasteiger partial charge in [-0.25, -0.2) is 8.78 Å². The molecule has 1 rings (SSSR count). The third kappa shape index (κ3) is 2.02. The molecule has 0 bridgehead atoms. The molecule has 0 radical (unpaired) electrons. The van der Waals surface area contributed by atoms with Crippen molar-refractivity contribution in [2.45, 2.75) is 19.1 Å². The van der Waals surface area contributed by atoms with Crippen molar-refractivity contribution in [3.63, 3.8) is 0 Å². The minimum Gasteiger partial charge on any atom is -0.387 e. The van der Waals surface area contributed by atoms with Crippen LogP contribution in [-0.2, 0) is 0 Å². The average molecular weight is 187 g/mol. The number of halogens is 2. The lowest BCUT2D eigenvalue weighted by atomic mass is 10.0. The summed E-state index contributed by atoms with van der Waals surface area (Å²) in [4.78, 5) is 0. The van der Waals surface area contributed by atoms with Gasteiger partial charge in [-0.3, -0.25) is 0 Å². The van der Waals surface area contributed by atoms with E-state index in [0.29, 0.717) is 0 Å². The molecule has 0 aromatic heterocycles. The quantitative estimate of drug-likeness (QED) is 0.734. The Balaban J connectivity index is 3.07. The number of aliphatic hydroxyl groups excluding tert-OH is 1. The van der Waals surface area contributed by atoms with Gasteiger partial charge in [-0.2, -0.15) is 0 Å². The van der Waals surface area contributed by atoms with E-state index in [2.05, 4.69) is 0 Å². The Morgan fingerprint density at radius 3 is 2.54 bits per heavy atom. The van der Waals surface area contributed by atoms with Crippen LogP contribution in [0.2, 0.25) is 0 Å². The van der Waals surface area contributed by atoms with Crippen molar-refractivity contribution >= 4 is 0 Å². The largest absolute Gasteiger partial charge is 0.387 e. The zero-order chi connectivity index (χ0) is 10.0. The molecule has 0 amide bonds. The number of aliphatic hydroxyl groups is 1. The van der Waals surface area contributed by atoms with Crippen LogP contribution in [0.15, 0.2) is 18.2 Å². The summed E-state index contributed by atoms with van der Waals surface area (Å²) < 4.78 is 25.7. The average Bonchev–Trinajstić information content (AvgIpc) is 2.08. The standard InChI is InChI=1S/C9H11F2NO/c1-5(12)9(13)6-3-2-4-7(10)8(6)11/h2-5,9,13H,12H2,1H3/t5-,9+/m0/s1. The summed E-state index contributed by atoms with van der Waals surface area (Å²) in [6.07, 6.45) is -1.17. The van der Waals surface area contributed by atoms with E-state index in [1.165, 1.54) is 19.1 Å². The summed E-state index contributed by atoms with van der Waals surface area (Å²) in [6.45, 7) is 1.52. The van der Waals surface area contributed by atoms with Crippen LogP contribution in [0.5, 0.6) is 0 Å². The second-order valence-electron chi connectivity index (χ2n) is 2.95. The SMILES string of the molecule is C[C@H](N)[C@@H](O)c1cccc(F)c1F. The molecule has 0 aliphatic rings. The molecule has 2 nitrogen and oxygen atoms in total. The highest BCUT2D eigenvalue weighted by Crippen LogP contribution is 2.20. The fraction of sp³-hybridized carbons (Fsp3) is 0.333. The molecule has 1 aromatic rings. The Hall–Kier alpha value is -1.00. The normalized spacial score (nSPS) is 15.5. The van der Waals surface area contributed by atoms with Gasteiger partial charge in [0.2, 0.25) is 0 Å². The van der Waals surface area contributed by atoms with E-state index in [0.717, 1.165) is 6.07 Å². The molecule has 3 N–H and O–H groups in total. The van der Waals surface area contributed by atoms with Gasteiger partial charge in [-0.05, 0) is 13.0 Å². The van der Waals surface area contributed by atoms with Crippen molar-refractivity contribution in [2.75, 3.05) is 0 Å². The first-order valence-electron chi connectivity index (χ1n) is 3.91. The van der Waals surface area contributed by atoms with Crippen molar-refractivity contribution in [1.29, 1.82) is 0 Å². The lowest BCUT2D eigenvalue weighted by Crippen LogP contribution is -2.25. The molecular formula is C9H11F2NO. The molecule has 0 spiro atoms. The molecule has 0 unspecified atom stereocenters. The van der Waals surface area contributed by atoms with Crippen LogP contribution < -0.4 is 5.73 Å². The van der Waals surface area contributed by atoms with Crippen LogP contribution in [0, 0.1) is 11.6 Å². The molecule has 0 aliphatic carbocycles. The summed E-state index contributed by atoms with van der Waals surface area (Å²) in [6, 6.07) is 3.01. The fourth-order valence-electron chi connectivity index (χ4n) is 1.03. The summed E-state index contributed by atoms with van der Waals surface area (Å²) in [5.41, 5.74) is 5.25. The summed E-state index contributed by atoms with van der Waals surface area (Å²) >= 11 is 0. The third-order valence-corrected chi connectivity index (χ3v) is 1.80. The maximum atomic E-state index is 13.0. The maximum Gasteiger partial charge on any atom is 0.164 e. The zero-order valence-corrected chi connectivity index (χ0v) is 7.17. The van der Waals surface area contributed by atoms with E-state index in [-0.39, 0.29) is 5.56 Å². The van der Waals surface area contributed by atoms with Crippen LogP contribution in [-0.4, -0.2) is 11.1 Å². The number of benzene rings is 1. The molecule has 0 saturated carbocycles. The van der Waals surface area contributed by atoms with E-state index in [4.69, 9.17) is 5.73 Å². The fourth-order valence-corrected chi connectivity index (χ4v) is 1.03. The Labute approximate surface area is 75.0 Å². The highest BCUT2D eigenvalue weighted by molar-refractivity contribution is 5.22. The first-order chi connectivity index (χ1) is 6.04. The van der Waals surface area contributed by atoms with Gasteiger partial charge in [0.25, 0.3) is 0 Å². The van der Waals surface area contributed by atoms with Crippen molar-refractivity contribution in [3.05, 3.63) is 35.4 Å². The van der Waals surface area contributed by atoms with Crippen LogP contribution in [0.4, 0.5) is 8.78 Å². The van der Waals surface area contributed by atoms with E-state index in [1.54, 1.807) is 0 Å². The van der Waals surface area contributed by atoms with Crippen LogP contribution in [0.3, 0.4) is 0 Å². The monoisotopic (exact) mass is 187 g/mol. The molecule has 0 fully saturated rings. The molecule has 4 heteroatoms. The van der Waals surface area contributed by atoms with E-state index in [9.17, 15) is 13.9 Å². The number of rotatable bonds is 2. The highest BCUT2D eigenvalue weighted by Gasteiger charge is 2.18. The molecule has 1 aromatic carbocycles. The number of hydrogen-bond acceptors (Lipinski definition) is 2. The molecule has 0 aliphatic heterocycles. The van der Waals surface area contributed by atoms with Gasteiger partial charge >= 0.3 is 0 Å².